The molecular weight excluding hydrogens is 290 g/mol. The van der Waals surface area contributed by atoms with Gasteiger partial charge in [-0.25, -0.2) is 0 Å². The van der Waals surface area contributed by atoms with Crippen molar-refractivity contribution in [1.29, 1.82) is 0 Å². The minimum absolute atomic E-state index is 0.326. The van der Waals surface area contributed by atoms with Crippen molar-refractivity contribution in [1.82, 2.24) is 0 Å². The summed E-state index contributed by atoms with van der Waals surface area (Å²) in [5, 5.41) is 13.9. The van der Waals surface area contributed by atoms with Gasteiger partial charge in [0, 0.05) is 17.6 Å². The van der Waals surface area contributed by atoms with Gasteiger partial charge in [0.1, 0.15) is 5.75 Å². The van der Waals surface area contributed by atoms with E-state index in [9.17, 15) is 5.11 Å². The molecule has 0 saturated heterocycles. The Hall–Kier alpha value is -0.970. The van der Waals surface area contributed by atoms with Crippen LogP contribution in [-0.2, 0) is 4.74 Å². The summed E-state index contributed by atoms with van der Waals surface area (Å²) in [5.74, 6) is 0.675. The monoisotopic (exact) mass is 313 g/mol. The number of anilines is 1. The predicted molar refractivity (Wildman–Crippen MR) is 85.4 cm³/mol. The number of aryl methyl sites for hydroxylation is 1. The number of halogens is 1. The zero-order valence-electron chi connectivity index (χ0n) is 12.7. The van der Waals surface area contributed by atoms with Gasteiger partial charge in [-0.3, -0.25) is 0 Å². The molecular formula is C16H24ClNO3. The SMILES string of the molecule is COc1cc(Cl)c(C)cc1NCC(O)COC1CCCC1. The van der Waals surface area contributed by atoms with E-state index in [1.165, 1.54) is 12.8 Å². The first-order chi connectivity index (χ1) is 10.1. The smallest absolute Gasteiger partial charge is 0.143 e. The molecule has 0 amide bonds. The fourth-order valence-corrected chi connectivity index (χ4v) is 2.71. The molecule has 4 nitrogen and oxygen atoms in total. The van der Waals surface area contributed by atoms with Crippen LogP contribution in [0.4, 0.5) is 5.69 Å². The molecule has 1 fully saturated rings. The molecule has 2 N–H and O–H groups in total. The maximum Gasteiger partial charge on any atom is 0.143 e. The molecule has 1 aliphatic rings. The molecule has 1 aromatic carbocycles. The van der Waals surface area contributed by atoms with E-state index in [0.29, 0.717) is 30.0 Å². The van der Waals surface area contributed by atoms with Crippen molar-refractivity contribution < 1.29 is 14.6 Å². The van der Waals surface area contributed by atoms with Crippen LogP contribution in [0.15, 0.2) is 12.1 Å². The Bertz CT molecular complexity index is 461. The van der Waals surface area contributed by atoms with Gasteiger partial charge in [0.2, 0.25) is 0 Å². The van der Waals surface area contributed by atoms with Crippen LogP contribution in [0.1, 0.15) is 31.2 Å². The fourth-order valence-electron chi connectivity index (χ4n) is 2.56. The minimum atomic E-state index is -0.536. The molecule has 1 atom stereocenters. The van der Waals surface area contributed by atoms with Crippen LogP contribution >= 0.6 is 11.6 Å². The highest BCUT2D eigenvalue weighted by Crippen LogP contribution is 2.30. The number of benzene rings is 1. The third-order valence-corrected chi connectivity index (χ3v) is 4.24. The summed E-state index contributed by atoms with van der Waals surface area (Å²) < 4.78 is 11.0. The molecule has 2 rings (SSSR count). The first-order valence-corrected chi connectivity index (χ1v) is 7.85. The van der Waals surface area contributed by atoms with Gasteiger partial charge in [-0.15, -0.1) is 0 Å². The Morgan fingerprint density at radius 1 is 1.38 bits per heavy atom. The Morgan fingerprint density at radius 3 is 2.76 bits per heavy atom. The van der Waals surface area contributed by atoms with Crippen molar-refractivity contribution in [3.05, 3.63) is 22.7 Å². The lowest BCUT2D eigenvalue weighted by atomic mass is 10.2. The Morgan fingerprint density at radius 2 is 2.10 bits per heavy atom. The molecule has 0 bridgehead atoms. The highest BCUT2D eigenvalue weighted by molar-refractivity contribution is 6.31. The lowest BCUT2D eigenvalue weighted by Gasteiger charge is -2.18. The van der Waals surface area contributed by atoms with E-state index >= 15 is 0 Å². The van der Waals surface area contributed by atoms with Crippen LogP contribution in [0.5, 0.6) is 5.75 Å². The number of methoxy groups -OCH3 is 1. The van der Waals surface area contributed by atoms with Crippen LogP contribution in [0, 0.1) is 6.92 Å². The van der Waals surface area contributed by atoms with Gasteiger partial charge in [0.05, 0.1) is 31.6 Å². The molecule has 0 aromatic heterocycles. The molecule has 5 heteroatoms. The molecule has 1 unspecified atom stereocenters. The molecule has 1 saturated carbocycles. The minimum Gasteiger partial charge on any atom is -0.495 e. The van der Waals surface area contributed by atoms with E-state index in [1.807, 2.05) is 13.0 Å². The zero-order valence-corrected chi connectivity index (χ0v) is 13.4. The van der Waals surface area contributed by atoms with Crippen molar-refractivity contribution >= 4 is 17.3 Å². The van der Waals surface area contributed by atoms with Crippen molar-refractivity contribution in [3.8, 4) is 5.75 Å². The number of aliphatic hydroxyl groups excluding tert-OH is 1. The Kier molecular flexibility index (Phi) is 6.15. The first-order valence-electron chi connectivity index (χ1n) is 7.48. The average Bonchev–Trinajstić information content (AvgIpc) is 2.99. The largest absolute Gasteiger partial charge is 0.495 e. The van der Waals surface area contributed by atoms with Crippen molar-refractivity contribution in [2.75, 3.05) is 25.6 Å². The predicted octanol–water partition coefficient (Wildman–Crippen LogP) is 3.39. The highest BCUT2D eigenvalue weighted by Gasteiger charge is 2.17. The maximum atomic E-state index is 10.0. The van der Waals surface area contributed by atoms with Crippen molar-refractivity contribution in [3.63, 3.8) is 0 Å². The van der Waals surface area contributed by atoms with Gasteiger partial charge in [-0.2, -0.15) is 0 Å². The summed E-state index contributed by atoms with van der Waals surface area (Å²) in [7, 11) is 1.60. The number of hydrogen-bond acceptors (Lipinski definition) is 4. The van der Waals surface area contributed by atoms with Crippen LogP contribution in [0.25, 0.3) is 0 Å². The van der Waals surface area contributed by atoms with Crippen molar-refractivity contribution in [2.45, 2.75) is 44.8 Å². The van der Waals surface area contributed by atoms with Gasteiger partial charge in [-0.05, 0) is 31.4 Å². The van der Waals surface area contributed by atoms with Gasteiger partial charge in [0.15, 0.2) is 0 Å². The normalized spacial score (nSPS) is 17.0. The second-order valence-corrected chi connectivity index (χ2v) is 5.98. The lowest BCUT2D eigenvalue weighted by Crippen LogP contribution is -2.27. The van der Waals surface area contributed by atoms with Gasteiger partial charge < -0.3 is 19.9 Å². The number of hydrogen-bond donors (Lipinski definition) is 2. The number of nitrogens with one attached hydrogen (secondary N) is 1. The molecule has 1 aliphatic carbocycles. The summed E-state index contributed by atoms with van der Waals surface area (Å²) in [4.78, 5) is 0. The maximum absolute atomic E-state index is 10.0. The molecule has 118 valence electrons. The van der Waals surface area contributed by atoms with Crippen molar-refractivity contribution in [2.24, 2.45) is 0 Å². The van der Waals surface area contributed by atoms with Gasteiger partial charge in [0.25, 0.3) is 0 Å². The van der Waals surface area contributed by atoms with Crippen LogP contribution in [0.2, 0.25) is 5.02 Å². The second kappa shape index (κ2) is 7.87. The fraction of sp³-hybridized carbons (Fsp3) is 0.625. The summed E-state index contributed by atoms with van der Waals surface area (Å²) >= 11 is 6.07. The number of aliphatic hydroxyl groups is 1. The highest BCUT2D eigenvalue weighted by atomic mass is 35.5. The third-order valence-electron chi connectivity index (χ3n) is 3.84. The van der Waals surface area contributed by atoms with E-state index in [-0.39, 0.29) is 0 Å². The molecule has 1 aromatic rings. The van der Waals surface area contributed by atoms with Gasteiger partial charge >= 0.3 is 0 Å². The van der Waals surface area contributed by atoms with E-state index in [1.54, 1.807) is 13.2 Å². The molecule has 0 radical (unpaired) electrons. The van der Waals surface area contributed by atoms with Crippen LogP contribution in [0.3, 0.4) is 0 Å². The molecule has 21 heavy (non-hydrogen) atoms. The topological polar surface area (TPSA) is 50.7 Å². The molecule has 0 heterocycles. The Labute approximate surface area is 131 Å². The Balaban J connectivity index is 1.82. The summed E-state index contributed by atoms with van der Waals surface area (Å²) in [6.45, 7) is 2.73. The molecule has 0 aliphatic heterocycles. The van der Waals surface area contributed by atoms with E-state index in [2.05, 4.69) is 5.32 Å². The summed E-state index contributed by atoms with van der Waals surface area (Å²) in [6.07, 6.45) is 4.49. The van der Waals surface area contributed by atoms with E-state index < -0.39 is 6.10 Å². The third kappa shape index (κ3) is 4.77. The summed E-state index contributed by atoms with van der Waals surface area (Å²) in [5.41, 5.74) is 1.80. The van der Waals surface area contributed by atoms with Crippen LogP contribution < -0.4 is 10.1 Å². The van der Waals surface area contributed by atoms with Gasteiger partial charge in [-0.1, -0.05) is 24.4 Å². The lowest BCUT2D eigenvalue weighted by molar-refractivity contribution is -0.00118. The zero-order chi connectivity index (χ0) is 15.2. The van der Waals surface area contributed by atoms with Crippen LogP contribution in [-0.4, -0.2) is 37.6 Å². The summed E-state index contributed by atoms with van der Waals surface area (Å²) in [6, 6.07) is 3.70. The van der Waals surface area contributed by atoms with E-state index in [0.717, 1.165) is 24.1 Å². The first kappa shape index (κ1) is 16.4. The quantitative estimate of drug-likeness (QED) is 0.810. The second-order valence-electron chi connectivity index (χ2n) is 5.58. The number of ether oxygens (including phenoxy) is 2. The average molecular weight is 314 g/mol. The standard InChI is InChI=1S/C16H24ClNO3/c1-11-7-15(16(20-2)8-14(11)17)18-9-12(19)10-21-13-5-3-4-6-13/h7-8,12-13,18-19H,3-6,9-10H2,1-2H3. The number of rotatable bonds is 7. The molecule has 0 spiro atoms. The van der Waals surface area contributed by atoms with E-state index in [4.69, 9.17) is 21.1 Å².